The lowest BCUT2D eigenvalue weighted by Gasteiger charge is -2.30. The third-order valence-electron chi connectivity index (χ3n) is 6.72. The van der Waals surface area contributed by atoms with E-state index in [9.17, 15) is 31.4 Å². The molecular formula is C22H28N3O7S3+3. The van der Waals surface area contributed by atoms with E-state index < -0.39 is 45.5 Å². The second kappa shape index (κ2) is 8.23. The van der Waals surface area contributed by atoms with Gasteiger partial charge in [-0.3, -0.25) is 13.7 Å². The lowest BCUT2D eigenvalue weighted by Crippen LogP contribution is -2.44. The van der Waals surface area contributed by atoms with Crippen molar-refractivity contribution < 1.29 is 31.4 Å². The summed E-state index contributed by atoms with van der Waals surface area (Å²) >= 11 is -6.99. The third-order valence-corrected chi connectivity index (χ3v) is 9.66. The highest BCUT2D eigenvalue weighted by molar-refractivity contribution is 7.79. The summed E-state index contributed by atoms with van der Waals surface area (Å²) in [5.41, 5.74) is 1.27. The van der Waals surface area contributed by atoms with Crippen LogP contribution in [0.5, 0.6) is 5.75 Å². The van der Waals surface area contributed by atoms with E-state index in [0.717, 1.165) is 0 Å². The molecule has 0 aromatic heterocycles. The third kappa shape index (κ3) is 3.70. The van der Waals surface area contributed by atoms with Gasteiger partial charge in [0.05, 0.1) is 48.4 Å². The highest BCUT2D eigenvalue weighted by Crippen LogP contribution is 2.50. The van der Waals surface area contributed by atoms with E-state index >= 15 is 0 Å². The quantitative estimate of drug-likeness (QED) is 0.167. The molecule has 0 saturated heterocycles. The first kappa shape index (κ1) is 26.0. The fourth-order valence-electron chi connectivity index (χ4n) is 4.51. The zero-order valence-electron chi connectivity index (χ0n) is 20.0. The van der Waals surface area contributed by atoms with Crippen LogP contribution in [-0.2, 0) is 33.8 Å². The van der Waals surface area contributed by atoms with Crippen molar-refractivity contribution in [2.24, 2.45) is 0 Å². The Morgan fingerprint density at radius 1 is 0.543 bits per heavy atom. The molecule has 4 rings (SSSR count). The van der Waals surface area contributed by atoms with Crippen molar-refractivity contribution in [1.82, 2.24) is 11.7 Å². The molecule has 0 radical (unpaired) electrons. The minimum Gasteiger partial charge on any atom is -0.507 e. The maximum absolute atomic E-state index is 12.4. The van der Waals surface area contributed by atoms with Crippen molar-refractivity contribution in [3.05, 3.63) is 36.4 Å². The molecule has 3 unspecified atom stereocenters. The van der Waals surface area contributed by atoms with Gasteiger partial charge in [-0.25, -0.2) is 0 Å². The molecule has 0 aliphatic rings. The van der Waals surface area contributed by atoms with Crippen molar-refractivity contribution >= 4 is 83.2 Å². The Hall–Kier alpha value is -2.07. The maximum Gasteiger partial charge on any atom is 0.363 e. The largest absolute Gasteiger partial charge is 0.507 e. The van der Waals surface area contributed by atoms with Crippen LogP contribution in [0.4, 0.5) is 17.1 Å². The molecule has 0 saturated carbocycles. The average molecular weight is 543 g/mol. The molecule has 35 heavy (non-hydrogen) atoms. The molecular weight excluding hydrogens is 514 g/mol. The van der Waals surface area contributed by atoms with Gasteiger partial charge in [-0.1, -0.05) is 0 Å². The molecule has 4 aromatic carbocycles. The van der Waals surface area contributed by atoms with E-state index in [1.165, 1.54) is 6.07 Å². The summed E-state index contributed by atoms with van der Waals surface area (Å²) in [4.78, 5) is 0. The summed E-state index contributed by atoms with van der Waals surface area (Å²) < 4.78 is 65.8. The van der Waals surface area contributed by atoms with Crippen LogP contribution in [0.1, 0.15) is 0 Å². The van der Waals surface area contributed by atoms with E-state index in [1.807, 2.05) is 0 Å². The number of phenolic OH excluding ortho intramolecular Hbond substituents is 1. The first-order valence-corrected chi connectivity index (χ1v) is 13.6. The number of nitrogens with zero attached hydrogens (tertiary/aromatic N) is 3. The van der Waals surface area contributed by atoms with Crippen molar-refractivity contribution in [2.45, 2.75) is 0 Å². The smallest absolute Gasteiger partial charge is 0.363 e. The van der Waals surface area contributed by atoms with Crippen LogP contribution in [-0.4, -0.2) is 73.7 Å². The van der Waals surface area contributed by atoms with E-state index in [0.29, 0.717) is 49.4 Å². The average Bonchev–Trinajstić information content (AvgIpc) is 2.77. The second-order valence-electron chi connectivity index (χ2n) is 9.65. The van der Waals surface area contributed by atoms with Gasteiger partial charge in [-0.2, -0.15) is 24.3 Å². The SMILES string of the molecule is C[N+](C)(c1cc(O)c2ccc3c([N+](C)(C)S(=O)O)cc([N+](C)(C)S(=O)O)c4ccc1c2c34)S(=O)O. The van der Waals surface area contributed by atoms with Gasteiger partial charge in [0.25, 0.3) is 0 Å². The van der Waals surface area contributed by atoms with Gasteiger partial charge in [0.1, 0.15) is 5.75 Å². The highest BCUT2D eigenvalue weighted by atomic mass is 32.2. The van der Waals surface area contributed by atoms with Crippen LogP contribution in [0.3, 0.4) is 0 Å². The van der Waals surface area contributed by atoms with E-state index in [1.54, 1.807) is 72.6 Å². The molecule has 4 N–H and O–H groups in total. The molecule has 0 aliphatic heterocycles. The van der Waals surface area contributed by atoms with Crippen LogP contribution >= 0.6 is 0 Å². The summed E-state index contributed by atoms with van der Waals surface area (Å²) in [6.07, 6.45) is 0. The molecule has 10 nitrogen and oxygen atoms in total. The van der Waals surface area contributed by atoms with Gasteiger partial charge in [0.2, 0.25) is 0 Å². The Kier molecular flexibility index (Phi) is 6.11. The molecule has 0 bridgehead atoms. The maximum atomic E-state index is 12.4. The highest BCUT2D eigenvalue weighted by Gasteiger charge is 2.38. The first-order valence-electron chi connectivity index (χ1n) is 10.4. The summed E-state index contributed by atoms with van der Waals surface area (Å²) in [7, 11) is 9.31. The van der Waals surface area contributed by atoms with Gasteiger partial charge in [-0.05, 0) is 24.3 Å². The Morgan fingerprint density at radius 3 is 1.17 bits per heavy atom. The number of hydrogen-bond donors (Lipinski definition) is 4. The summed E-state index contributed by atoms with van der Waals surface area (Å²) in [6.45, 7) is 0. The van der Waals surface area contributed by atoms with Crippen molar-refractivity contribution in [3.8, 4) is 5.75 Å². The minimum absolute atomic E-state index is 0.0931. The van der Waals surface area contributed by atoms with Crippen LogP contribution in [0.15, 0.2) is 36.4 Å². The Balaban J connectivity index is 2.35. The van der Waals surface area contributed by atoms with Crippen molar-refractivity contribution in [1.29, 1.82) is 0 Å². The van der Waals surface area contributed by atoms with E-state index in [-0.39, 0.29) is 5.75 Å². The number of quaternary nitrogens is 3. The molecule has 13 heteroatoms. The lowest BCUT2D eigenvalue weighted by atomic mass is 9.90. The van der Waals surface area contributed by atoms with Gasteiger partial charge in [0.15, 0.2) is 17.1 Å². The number of benzene rings is 4. The van der Waals surface area contributed by atoms with Gasteiger partial charge < -0.3 is 5.11 Å². The molecule has 0 spiro atoms. The zero-order valence-corrected chi connectivity index (χ0v) is 22.5. The summed E-state index contributed by atoms with van der Waals surface area (Å²) in [6, 6.07) is 10.1. The molecule has 0 heterocycles. The van der Waals surface area contributed by atoms with Crippen LogP contribution < -0.4 is 11.7 Å². The molecule has 0 aliphatic carbocycles. The van der Waals surface area contributed by atoms with E-state index in [4.69, 9.17) is 0 Å². The van der Waals surface area contributed by atoms with Crippen molar-refractivity contribution in [3.63, 3.8) is 0 Å². The number of rotatable bonds is 6. The van der Waals surface area contributed by atoms with E-state index in [2.05, 4.69) is 0 Å². The predicted octanol–water partition coefficient (Wildman–Crippen LogP) is 3.40. The zero-order chi connectivity index (χ0) is 26.2. The number of hydrogen-bond acceptors (Lipinski definition) is 4. The number of phenols is 1. The Morgan fingerprint density at radius 2 is 0.829 bits per heavy atom. The van der Waals surface area contributed by atoms with Gasteiger partial charge in [-0.15, -0.1) is 0 Å². The summed E-state index contributed by atoms with van der Waals surface area (Å²) in [5, 5.41) is 14.5. The fraction of sp³-hybridized carbons (Fsp3) is 0.273. The minimum atomic E-state index is -2.34. The molecule has 0 amide bonds. The lowest BCUT2D eigenvalue weighted by molar-refractivity contribution is 0.472. The molecule has 4 aromatic rings. The Bertz CT molecular complexity index is 1540. The van der Waals surface area contributed by atoms with Gasteiger partial charge in [0, 0.05) is 38.4 Å². The summed E-state index contributed by atoms with van der Waals surface area (Å²) in [5.74, 6) is -0.0931. The van der Waals surface area contributed by atoms with Gasteiger partial charge >= 0.3 is 33.8 Å². The number of aromatic hydroxyl groups is 1. The molecule has 0 fully saturated rings. The Labute approximate surface area is 210 Å². The van der Waals surface area contributed by atoms with Crippen molar-refractivity contribution in [2.75, 3.05) is 42.3 Å². The van der Waals surface area contributed by atoms with Crippen LogP contribution in [0, 0.1) is 0 Å². The standard InChI is InChI=1S/C22H25N3O7S3/c1-23(2,33(27)28)17-11-18(24(3,4)34(29)30)14-9-10-16-20(26)12-19(25(5,6)35(31)32)15-8-7-13(17)21(14)22(15)16/h7-12H,1-6H3,(H-3,26,27,28,29,30,31,32)/p+3. The van der Waals surface area contributed by atoms with Crippen LogP contribution in [0.25, 0.3) is 32.3 Å². The van der Waals surface area contributed by atoms with Crippen LogP contribution in [0.2, 0.25) is 0 Å². The monoisotopic (exact) mass is 542 g/mol. The molecule has 3 atom stereocenters. The molecule has 188 valence electrons. The topological polar surface area (TPSA) is 132 Å². The normalized spacial score (nSPS) is 16.3. The fourth-order valence-corrected chi connectivity index (χ4v) is 5.47. The second-order valence-corrected chi connectivity index (χ2v) is 13.8. The predicted molar refractivity (Wildman–Crippen MR) is 145 cm³/mol. The first-order chi connectivity index (χ1) is 16.0.